The number of carbonyl (C=O) groups is 1. The van der Waals surface area contributed by atoms with Gasteiger partial charge in [-0.25, -0.2) is 4.79 Å². The highest BCUT2D eigenvalue weighted by Gasteiger charge is 2.02. The molecule has 0 fully saturated rings. The van der Waals surface area contributed by atoms with E-state index in [2.05, 4.69) is 5.32 Å². The summed E-state index contributed by atoms with van der Waals surface area (Å²) in [5.74, 6) is -0.0918. The van der Waals surface area contributed by atoms with Crippen LogP contribution in [0.2, 0.25) is 5.02 Å². The number of benzene rings is 3. The Morgan fingerprint density at radius 2 is 1.32 bits per heavy atom. The van der Waals surface area contributed by atoms with Gasteiger partial charge in [-0.05, 0) is 53.1 Å². The number of hydrogen-bond donors (Lipinski definition) is 2. The summed E-state index contributed by atoms with van der Waals surface area (Å²) in [6, 6.07) is 22.4. The van der Waals surface area contributed by atoms with E-state index in [0.29, 0.717) is 23.7 Å². The molecule has 0 saturated carbocycles. The van der Waals surface area contributed by atoms with Gasteiger partial charge in [0.15, 0.2) is 0 Å². The zero-order valence-electron chi connectivity index (χ0n) is 15.1. The molecule has 0 unspecified atom stereocenters. The molecular formula is C22H21Cl2NO3. The van der Waals surface area contributed by atoms with Gasteiger partial charge in [0.1, 0.15) is 12.4 Å². The Morgan fingerprint density at radius 3 is 1.86 bits per heavy atom. The molecule has 146 valence electrons. The number of ether oxygens (including phenoxy) is 1. The molecule has 0 aliphatic heterocycles. The van der Waals surface area contributed by atoms with Crippen LogP contribution in [0, 0.1) is 0 Å². The van der Waals surface area contributed by atoms with Gasteiger partial charge in [-0.1, -0.05) is 48.0 Å². The van der Waals surface area contributed by atoms with E-state index in [4.69, 9.17) is 21.4 Å². The van der Waals surface area contributed by atoms with E-state index in [-0.39, 0.29) is 12.4 Å². The van der Waals surface area contributed by atoms with Crippen molar-refractivity contribution in [3.63, 3.8) is 0 Å². The summed E-state index contributed by atoms with van der Waals surface area (Å²) in [6.45, 7) is 1.90. The summed E-state index contributed by atoms with van der Waals surface area (Å²) in [6.07, 6.45) is 0. The van der Waals surface area contributed by atoms with Crippen molar-refractivity contribution in [3.8, 4) is 5.75 Å². The van der Waals surface area contributed by atoms with Gasteiger partial charge >= 0.3 is 5.97 Å². The summed E-state index contributed by atoms with van der Waals surface area (Å²) in [4.78, 5) is 10.8. The first-order valence-corrected chi connectivity index (χ1v) is 8.97. The topological polar surface area (TPSA) is 58.6 Å². The first-order chi connectivity index (χ1) is 13.1. The third kappa shape index (κ3) is 6.57. The predicted octanol–water partition coefficient (Wildman–Crippen LogP) is 5.33. The lowest BCUT2D eigenvalue weighted by Crippen LogP contribution is -2.12. The second-order valence-corrected chi connectivity index (χ2v) is 6.60. The first kappa shape index (κ1) is 21.8. The first-order valence-electron chi connectivity index (χ1n) is 8.59. The van der Waals surface area contributed by atoms with E-state index in [9.17, 15) is 4.79 Å². The molecule has 0 aliphatic rings. The molecule has 3 aromatic carbocycles. The molecular weight excluding hydrogens is 397 g/mol. The third-order valence-electron chi connectivity index (χ3n) is 4.10. The molecule has 0 radical (unpaired) electrons. The number of carboxylic acid groups (broad SMARTS) is 1. The Labute approximate surface area is 175 Å². The molecule has 2 N–H and O–H groups in total. The van der Waals surface area contributed by atoms with Gasteiger partial charge in [-0.2, -0.15) is 0 Å². The standard InChI is InChI=1S/C22H20ClNO3.ClH/c23-20-9-3-18(4-10-20)15-27-21-11-5-17(6-12-21)14-24-13-16-1-7-19(8-2-16)22(25)26;/h1-12,24H,13-15H2,(H,25,26);1H. The van der Waals surface area contributed by atoms with E-state index in [1.54, 1.807) is 12.1 Å². The van der Waals surface area contributed by atoms with Crippen LogP contribution < -0.4 is 10.1 Å². The molecule has 0 aliphatic carbocycles. The average molecular weight is 418 g/mol. The van der Waals surface area contributed by atoms with Gasteiger partial charge in [0, 0.05) is 18.1 Å². The maximum absolute atomic E-state index is 10.8. The zero-order chi connectivity index (χ0) is 19.1. The Bertz CT molecular complexity index is 879. The molecule has 0 atom stereocenters. The van der Waals surface area contributed by atoms with Gasteiger partial charge in [0.05, 0.1) is 5.56 Å². The smallest absolute Gasteiger partial charge is 0.335 e. The molecule has 4 nitrogen and oxygen atoms in total. The maximum atomic E-state index is 10.8. The van der Waals surface area contributed by atoms with Crippen LogP contribution in [0.4, 0.5) is 0 Å². The van der Waals surface area contributed by atoms with Gasteiger partial charge < -0.3 is 15.2 Å². The Kier molecular flexibility index (Phi) is 8.33. The molecule has 6 heteroatoms. The molecule has 0 amide bonds. The Morgan fingerprint density at radius 1 is 0.821 bits per heavy atom. The molecule has 0 heterocycles. The van der Waals surface area contributed by atoms with Crippen molar-refractivity contribution in [3.05, 3.63) is 100 Å². The number of halogens is 2. The van der Waals surface area contributed by atoms with E-state index in [1.807, 2.05) is 60.7 Å². The van der Waals surface area contributed by atoms with Crippen LogP contribution in [0.5, 0.6) is 5.75 Å². The second-order valence-electron chi connectivity index (χ2n) is 6.16. The van der Waals surface area contributed by atoms with Crippen molar-refractivity contribution in [1.29, 1.82) is 0 Å². The van der Waals surface area contributed by atoms with Gasteiger partial charge in [-0.15, -0.1) is 12.4 Å². The van der Waals surface area contributed by atoms with E-state index in [1.165, 1.54) is 0 Å². The van der Waals surface area contributed by atoms with Crippen molar-refractivity contribution >= 4 is 30.0 Å². The van der Waals surface area contributed by atoms with E-state index >= 15 is 0 Å². The van der Waals surface area contributed by atoms with Crippen LogP contribution in [0.25, 0.3) is 0 Å². The molecule has 0 bridgehead atoms. The molecule has 0 aromatic heterocycles. The maximum Gasteiger partial charge on any atom is 0.335 e. The van der Waals surface area contributed by atoms with Crippen LogP contribution in [-0.4, -0.2) is 11.1 Å². The fourth-order valence-electron chi connectivity index (χ4n) is 2.57. The largest absolute Gasteiger partial charge is 0.489 e. The lowest BCUT2D eigenvalue weighted by molar-refractivity contribution is 0.0697. The molecule has 0 saturated heterocycles. The van der Waals surface area contributed by atoms with Crippen LogP contribution in [-0.2, 0) is 19.7 Å². The quantitative estimate of drug-likeness (QED) is 0.519. The van der Waals surface area contributed by atoms with Gasteiger partial charge in [0.25, 0.3) is 0 Å². The molecule has 0 spiro atoms. The van der Waals surface area contributed by atoms with Crippen molar-refractivity contribution in [1.82, 2.24) is 5.32 Å². The zero-order valence-corrected chi connectivity index (χ0v) is 16.7. The Balaban J connectivity index is 0.00000280. The van der Waals surface area contributed by atoms with E-state index in [0.717, 1.165) is 29.0 Å². The predicted molar refractivity (Wildman–Crippen MR) is 113 cm³/mol. The number of nitrogens with one attached hydrogen (secondary N) is 1. The number of aromatic carboxylic acids is 1. The highest BCUT2D eigenvalue weighted by molar-refractivity contribution is 6.30. The molecule has 3 rings (SSSR count). The highest BCUT2D eigenvalue weighted by Crippen LogP contribution is 2.16. The van der Waals surface area contributed by atoms with Crippen molar-refractivity contribution in [2.24, 2.45) is 0 Å². The summed E-state index contributed by atoms with van der Waals surface area (Å²) >= 11 is 5.88. The van der Waals surface area contributed by atoms with Crippen LogP contribution in [0.15, 0.2) is 72.8 Å². The summed E-state index contributed by atoms with van der Waals surface area (Å²) in [5, 5.41) is 13.0. The summed E-state index contributed by atoms with van der Waals surface area (Å²) in [7, 11) is 0. The van der Waals surface area contributed by atoms with Crippen molar-refractivity contribution in [2.45, 2.75) is 19.7 Å². The van der Waals surface area contributed by atoms with Gasteiger partial charge in [0.2, 0.25) is 0 Å². The lowest BCUT2D eigenvalue weighted by atomic mass is 10.1. The lowest BCUT2D eigenvalue weighted by Gasteiger charge is -2.09. The minimum absolute atomic E-state index is 0. The summed E-state index contributed by atoms with van der Waals surface area (Å²) in [5.41, 5.74) is 3.56. The highest BCUT2D eigenvalue weighted by atomic mass is 35.5. The minimum atomic E-state index is -0.909. The normalized spacial score (nSPS) is 10.2. The monoisotopic (exact) mass is 417 g/mol. The van der Waals surface area contributed by atoms with Crippen molar-refractivity contribution in [2.75, 3.05) is 0 Å². The van der Waals surface area contributed by atoms with E-state index < -0.39 is 5.97 Å². The Hall–Kier alpha value is -2.53. The number of rotatable bonds is 8. The van der Waals surface area contributed by atoms with Crippen LogP contribution in [0.3, 0.4) is 0 Å². The molecule has 28 heavy (non-hydrogen) atoms. The van der Waals surface area contributed by atoms with Crippen LogP contribution in [0.1, 0.15) is 27.0 Å². The number of hydrogen-bond acceptors (Lipinski definition) is 3. The molecule has 3 aromatic rings. The minimum Gasteiger partial charge on any atom is -0.489 e. The second kappa shape index (κ2) is 10.7. The third-order valence-corrected chi connectivity index (χ3v) is 4.35. The fraction of sp³-hybridized carbons (Fsp3) is 0.136. The number of carboxylic acids is 1. The van der Waals surface area contributed by atoms with Crippen LogP contribution >= 0.6 is 24.0 Å². The fourth-order valence-corrected chi connectivity index (χ4v) is 2.69. The SMILES string of the molecule is Cl.O=C(O)c1ccc(CNCc2ccc(OCc3ccc(Cl)cc3)cc2)cc1. The average Bonchev–Trinajstić information content (AvgIpc) is 2.69. The van der Waals surface area contributed by atoms with Gasteiger partial charge in [-0.3, -0.25) is 0 Å². The van der Waals surface area contributed by atoms with Crippen molar-refractivity contribution < 1.29 is 14.6 Å². The summed E-state index contributed by atoms with van der Waals surface area (Å²) < 4.78 is 5.78.